The Balaban J connectivity index is 1.84. The van der Waals surface area contributed by atoms with E-state index in [1.807, 2.05) is 12.3 Å². The zero-order valence-corrected chi connectivity index (χ0v) is 13.2. The van der Waals surface area contributed by atoms with Crippen LogP contribution in [0.2, 0.25) is 0 Å². The molecule has 2 rings (SSSR count). The number of pyridine rings is 1. The van der Waals surface area contributed by atoms with E-state index in [4.69, 9.17) is 4.74 Å². The molecular formula is C17H28N2O. The standard InChI is InChI=1S/C17H28N2O/c1-12(2)18-10-15-6-8-17(19-11-15)20-16-7-5-13(3)14(4)9-16/h6,8,11-14,16,18H,5,7,9-10H2,1-4H3. The molecule has 3 nitrogen and oxygen atoms in total. The van der Waals surface area contributed by atoms with Crippen molar-refractivity contribution in [3.05, 3.63) is 23.9 Å². The summed E-state index contributed by atoms with van der Waals surface area (Å²) in [5, 5.41) is 3.39. The third-order valence-corrected chi connectivity index (χ3v) is 4.35. The van der Waals surface area contributed by atoms with Crippen LogP contribution in [0.5, 0.6) is 5.88 Å². The fourth-order valence-electron chi connectivity index (χ4n) is 2.68. The first-order valence-electron chi connectivity index (χ1n) is 7.89. The zero-order valence-electron chi connectivity index (χ0n) is 13.2. The van der Waals surface area contributed by atoms with Crippen LogP contribution in [-0.2, 0) is 6.54 Å². The lowest BCUT2D eigenvalue weighted by Crippen LogP contribution is -2.29. The molecule has 0 radical (unpaired) electrons. The van der Waals surface area contributed by atoms with Gasteiger partial charge in [0, 0.05) is 24.8 Å². The first-order chi connectivity index (χ1) is 9.54. The van der Waals surface area contributed by atoms with Crippen molar-refractivity contribution in [2.45, 2.75) is 65.6 Å². The second-order valence-corrected chi connectivity index (χ2v) is 6.55. The van der Waals surface area contributed by atoms with E-state index in [2.05, 4.69) is 44.1 Å². The second kappa shape index (κ2) is 7.07. The van der Waals surface area contributed by atoms with E-state index in [1.54, 1.807) is 0 Å². The summed E-state index contributed by atoms with van der Waals surface area (Å²) >= 11 is 0. The molecule has 1 heterocycles. The molecule has 112 valence electrons. The predicted octanol–water partition coefficient (Wildman–Crippen LogP) is 3.78. The van der Waals surface area contributed by atoms with E-state index in [9.17, 15) is 0 Å². The van der Waals surface area contributed by atoms with Gasteiger partial charge in [-0.2, -0.15) is 0 Å². The molecule has 3 heteroatoms. The molecule has 0 spiro atoms. The van der Waals surface area contributed by atoms with Crippen LogP contribution in [0.1, 0.15) is 52.5 Å². The summed E-state index contributed by atoms with van der Waals surface area (Å²) in [6.07, 6.45) is 5.83. The molecule has 0 amide bonds. The van der Waals surface area contributed by atoms with E-state index in [-0.39, 0.29) is 0 Å². The number of aromatic nitrogens is 1. The molecule has 0 aliphatic heterocycles. The number of nitrogens with zero attached hydrogens (tertiary/aromatic N) is 1. The van der Waals surface area contributed by atoms with Crippen molar-refractivity contribution in [3.8, 4) is 5.88 Å². The monoisotopic (exact) mass is 276 g/mol. The van der Waals surface area contributed by atoms with Crippen LogP contribution in [-0.4, -0.2) is 17.1 Å². The summed E-state index contributed by atoms with van der Waals surface area (Å²) in [6.45, 7) is 9.83. The summed E-state index contributed by atoms with van der Waals surface area (Å²) in [6, 6.07) is 4.60. The summed E-state index contributed by atoms with van der Waals surface area (Å²) in [5.41, 5.74) is 1.21. The van der Waals surface area contributed by atoms with E-state index in [1.165, 1.54) is 12.0 Å². The Hall–Kier alpha value is -1.09. The van der Waals surface area contributed by atoms with Gasteiger partial charge in [0.05, 0.1) is 0 Å². The number of hydrogen-bond acceptors (Lipinski definition) is 3. The first kappa shape index (κ1) is 15.3. The minimum atomic E-state index is 0.341. The van der Waals surface area contributed by atoms with Crippen LogP contribution >= 0.6 is 0 Å². The Kier molecular flexibility index (Phi) is 5.41. The average molecular weight is 276 g/mol. The fourth-order valence-corrected chi connectivity index (χ4v) is 2.68. The summed E-state index contributed by atoms with van der Waals surface area (Å²) in [7, 11) is 0. The first-order valence-corrected chi connectivity index (χ1v) is 7.89. The Morgan fingerprint density at radius 1 is 1.25 bits per heavy atom. The van der Waals surface area contributed by atoms with Gasteiger partial charge in [-0.3, -0.25) is 0 Å². The quantitative estimate of drug-likeness (QED) is 0.888. The minimum absolute atomic E-state index is 0.341. The van der Waals surface area contributed by atoms with E-state index in [0.717, 1.165) is 37.1 Å². The molecule has 1 aliphatic rings. The molecular weight excluding hydrogens is 248 g/mol. The van der Waals surface area contributed by atoms with Gasteiger partial charge < -0.3 is 10.1 Å². The van der Waals surface area contributed by atoms with Crippen molar-refractivity contribution in [3.63, 3.8) is 0 Å². The fraction of sp³-hybridized carbons (Fsp3) is 0.706. The molecule has 1 aromatic heterocycles. The van der Waals surface area contributed by atoms with Crippen LogP contribution in [0, 0.1) is 11.8 Å². The minimum Gasteiger partial charge on any atom is -0.474 e. The molecule has 0 saturated heterocycles. The third kappa shape index (κ3) is 4.48. The van der Waals surface area contributed by atoms with Gasteiger partial charge in [0.1, 0.15) is 6.10 Å². The van der Waals surface area contributed by atoms with Gasteiger partial charge >= 0.3 is 0 Å². The van der Waals surface area contributed by atoms with E-state index in [0.29, 0.717) is 12.1 Å². The molecule has 0 bridgehead atoms. The summed E-state index contributed by atoms with van der Waals surface area (Å²) in [4.78, 5) is 4.43. The van der Waals surface area contributed by atoms with Gasteiger partial charge in [-0.05, 0) is 36.7 Å². The predicted molar refractivity (Wildman–Crippen MR) is 82.8 cm³/mol. The lowest BCUT2D eigenvalue weighted by molar-refractivity contribution is 0.0964. The van der Waals surface area contributed by atoms with Crippen molar-refractivity contribution in [1.82, 2.24) is 10.3 Å². The van der Waals surface area contributed by atoms with Gasteiger partial charge in [-0.1, -0.05) is 33.8 Å². The molecule has 3 atom stereocenters. The highest BCUT2D eigenvalue weighted by atomic mass is 16.5. The summed E-state index contributed by atoms with van der Waals surface area (Å²) < 4.78 is 6.02. The summed E-state index contributed by atoms with van der Waals surface area (Å²) in [5.74, 6) is 2.35. The van der Waals surface area contributed by atoms with Crippen LogP contribution in [0.15, 0.2) is 18.3 Å². The Bertz CT molecular complexity index is 402. The smallest absolute Gasteiger partial charge is 0.213 e. The van der Waals surface area contributed by atoms with Crippen LogP contribution in [0.25, 0.3) is 0 Å². The largest absolute Gasteiger partial charge is 0.474 e. The zero-order chi connectivity index (χ0) is 14.5. The van der Waals surface area contributed by atoms with E-state index >= 15 is 0 Å². The second-order valence-electron chi connectivity index (χ2n) is 6.55. The van der Waals surface area contributed by atoms with Gasteiger partial charge in [0.25, 0.3) is 0 Å². The van der Waals surface area contributed by atoms with Gasteiger partial charge in [-0.25, -0.2) is 4.98 Å². The molecule has 1 fully saturated rings. The van der Waals surface area contributed by atoms with Crippen LogP contribution in [0.4, 0.5) is 0 Å². The van der Waals surface area contributed by atoms with Crippen molar-refractivity contribution < 1.29 is 4.74 Å². The van der Waals surface area contributed by atoms with Crippen molar-refractivity contribution in [1.29, 1.82) is 0 Å². The van der Waals surface area contributed by atoms with Crippen molar-refractivity contribution in [2.24, 2.45) is 11.8 Å². The number of ether oxygens (including phenoxy) is 1. The molecule has 1 aliphatic carbocycles. The Morgan fingerprint density at radius 3 is 2.65 bits per heavy atom. The number of nitrogens with one attached hydrogen (secondary N) is 1. The normalized spacial score (nSPS) is 26.8. The maximum absolute atomic E-state index is 6.02. The Labute approximate surface area is 123 Å². The maximum atomic E-state index is 6.02. The van der Waals surface area contributed by atoms with Crippen molar-refractivity contribution >= 4 is 0 Å². The maximum Gasteiger partial charge on any atom is 0.213 e. The van der Waals surface area contributed by atoms with Gasteiger partial charge in [0.15, 0.2) is 0 Å². The van der Waals surface area contributed by atoms with Crippen molar-refractivity contribution in [2.75, 3.05) is 0 Å². The molecule has 1 N–H and O–H groups in total. The lowest BCUT2D eigenvalue weighted by atomic mass is 9.80. The number of hydrogen-bond donors (Lipinski definition) is 1. The molecule has 20 heavy (non-hydrogen) atoms. The Morgan fingerprint density at radius 2 is 2.05 bits per heavy atom. The number of rotatable bonds is 5. The topological polar surface area (TPSA) is 34.1 Å². The van der Waals surface area contributed by atoms with Crippen LogP contribution < -0.4 is 10.1 Å². The highest BCUT2D eigenvalue weighted by Gasteiger charge is 2.25. The average Bonchev–Trinajstić information content (AvgIpc) is 2.42. The highest BCUT2D eigenvalue weighted by Crippen LogP contribution is 2.31. The van der Waals surface area contributed by atoms with Gasteiger partial charge in [0.2, 0.25) is 5.88 Å². The van der Waals surface area contributed by atoms with Gasteiger partial charge in [-0.15, -0.1) is 0 Å². The third-order valence-electron chi connectivity index (χ3n) is 4.35. The van der Waals surface area contributed by atoms with E-state index < -0.39 is 0 Å². The van der Waals surface area contributed by atoms with Crippen LogP contribution in [0.3, 0.4) is 0 Å². The molecule has 1 aromatic rings. The molecule has 0 aromatic carbocycles. The molecule has 3 unspecified atom stereocenters. The highest BCUT2D eigenvalue weighted by molar-refractivity contribution is 5.18. The SMILES string of the molecule is CC(C)NCc1ccc(OC2CCC(C)C(C)C2)nc1. The molecule has 1 saturated carbocycles. The lowest BCUT2D eigenvalue weighted by Gasteiger charge is -2.31.